The van der Waals surface area contributed by atoms with Crippen molar-refractivity contribution in [3.8, 4) is 17.3 Å². The molecule has 1 aliphatic heterocycles. The number of ether oxygens (including phenoxy) is 2. The molecule has 0 unspecified atom stereocenters. The second-order valence-corrected chi connectivity index (χ2v) is 12.0. The van der Waals surface area contributed by atoms with Gasteiger partial charge in [-0.25, -0.2) is 14.8 Å². The van der Waals surface area contributed by atoms with Crippen LogP contribution in [0.25, 0.3) is 22.2 Å². The molecule has 1 saturated carbocycles. The van der Waals surface area contributed by atoms with Gasteiger partial charge in [0.05, 0.1) is 23.7 Å². The van der Waals surface area contributed by atoms with Gasteiger partial charge in [0.2, 0.25) is 0 Å². The number of esters is 1. The maximum Gasteiger partial charge on any atom is 0.410 e. The minimum atomic E-state index is -0.581. The van der Waals surface area contributed by atoms with Gasteiger partial charge in [-0.05, 0) is 59.4 Å². The Hall–Kier alpha value is -4.20. The molecule has 1 aromatic carbocycles. The van der Waals surface area contributed by atoms with Crippen molar-refractivity contribution in [2.45, 2.75) is 71.6 Å². The number of carbonyl (C=O) groups is 2. The Kier molecular flexibility index (Phi) is 7.36. The molecule has 3 heterocycles. The predicted molar refractivity (Wildman–Crippen MR) is 153 cm³/mol. The van der Waals surface area contributed by atoms with Crippen LogP contribution in [0.5, 0.6) is 0 Å². The topological polar surface area (TPSA) is 126 Å². The lowest BCUT2D eigenvalue weighted by atomic mass is 9.97. The molecule has 41 heavy (non-hydrogen) atoms. The summed E-state index contributed by atoms with van der Waals surface area (Å²) < 4.78 is 12.5. The number of nitrogens with zero attached hydrogens (tertiary/aromatic N) is 7. The molecular formula is C30H37N7O4. The van der Waals surface area contributed by atoms with Gasteiger partial charge in [-0.15, -0.1) is 0 Å². The fraction of sp³-hybridized carbons (Fsp3) is 0.533. The first-order valence-corrected chi connectivity index (χ1v) is 14.1. The van der Waals surface area contributed by atoms with Crippen molar-refractivity contribution in [1.29, 1.82) is 5.26 Å². The number of rotatable bonds is 5. The third kappa shape index (κ3) is 5.43. The number of amides is 1. The number of benzene rings is 1. The number of carbonyl (C=O) groups excluding carboxylic acids is 2. The number of piperazine rings is 1. The first-order chi connectivity index (χ1) is 19.4. The third-order valence-corrected chi connectivity index (χ3v) is 7.74. The first-order valence-electron chi connectivity index (χ1n) is 14.1. The molecule has 1 amide bonds. The Bertz CT molecular complexity index is 1540. The molecule has 5 rings (SSSR count). The third-order valence-electron chi connectivity index (χ3n) is 7.74. The number of aromatic nitrogens is 4. The zero-order valence-corrected chi connectivity index (χ0v) is 24.7. The van der Waals surface area contributed by atoms with Gasteiger partial charge >= 0.3 is 12.1 Å². The van der Waals surface area contributed by atoms with Gasteiger partial charge in [0.25, 0.3) is 0 Å². The molecule has 216 valence electrons. The summed E-state index contributed by atoms with van der Waals surface area (Å²) in [5, 5.41) is 14.9. The Labute approximate surface area is 240 Å². The van der Waals surface area contributed by atoms with Crippen molar-refractivity contribution in [3.05, 3.63) is 35.8 Å². The van der Waals surface area contributed by atoms with E-state index < -0.39 is 5.60 Å². The van der Waals surface area contributed by atoms with E-state index in [1.165, 1.54) is 0 Å². The number of nitriles is 1. The van der Waals surface area contributed by atoms with Gasteiger partial charge in [0, 0.05) is 49.2 Å². The van der Waals surface area contributed by atoms with Crippen LogP contribution in [-0.2, 0) is 21.3 Å². The lowest BCUT2D eigenvalue weighted by molar-refractivity contribution is -0.144. The monoisotopic (exact) mass is 559 g/mol. The summed E-state index contributed by atoms with van der Waals surface area (Å²) in [6.45, 7) is 12.8. The summed E-state index contributed by atoms with van der Waals surface area (Å²) in [6, 6.07) is 7.72. The summed E-state index contributed by atoms with van der Waals surface area (Å²) in [5.41, 5.74) is 2.98. The smallest absolute Gasteiger partial charge is 0.410 e. The predicted octanol–water partition coefficient (Wildman–Crippen LogP) is 4.40. The number of hydrogen-bond acceptors (Lipinski definition) is 9. The average Bonchev–Trinajstić information content (AvgIpc) is 3.62. The number of anilines is 1. The highest BCUT2D eigenvalue weighted by molar-refractivity contribution is 6.02. The van der Waals surface area contributed by atoms with Crippen molar-refractivity contribution < 1.29 is 19.1 Å². The minimum absolute atomic E-state index is 0.00969. The molecule has 0 radical (unpaired) electrons. The number of hydrogen-bond donors (Lipinski definition) is 0. The highest BCUT2D eigenvalue weighted by Gasteiger charge is 2.47. The van der Waals surface area contributed by atoms with E-state index in [9.17, 15) is 14.9 Å². The number of fused-ring (bicyclic) bond motifs is 1. The van der Waals surface area contributed by atoms with E-state index in [4.69, 9.17) is 19.4 Å². The normalized spacial score (nSPS) is 22.4. The molecule has 0 bridgehead atoms. The van der Waals surface area contributed by atoms with Crippen LogP contribution in [0.3, 0.4) is 0 Å². The Morgan fingerprint density at radius 2 is 1.90 bits per heavy atom. The van der Waals surface area contributed by atoms with Crippen LogP contribution in [0.2, 0.25) is 0 Å². The van der Waals surface area contributed by atoms with Crippen LogP contribution in [0.4, 0.5) is 10.6 Å². The van der Waals surface area contributed by atoms with Crippen molar-refractivity contribution in [3.63, 3.8) is 0 Å². The van der Waals surface area contributed by atoms with Crippen molar-refractivity contribution in [2.75, 3.05) is 24.6 Å². The molecular weight excluding hydrogens is 522 g/mol. The van der Waals surface area contributed by atoms with E-state index in [1.807, 2.05) is 46.8 Å². The van der Waals surface area contributed by atoms with E-state index in [2.05, 4.69) is 23.0 Å². The van der Waals surface area contributed by atoms with Crippen LogP contribution in [0.1, 0.15) is 65.1 Å². The standard InChI is InChI=1S/C30H37N7O4/c1-8-40-28(38)23-12-22(23)20-9-10-21(24-11-19(13-31)35(7)34-24)26-25(20)27(33-16-32-26)36-14-18(3)37(15-17(36)2)29(39)41-30(4,5)6/h9-11,16-18,22-23H,8,12,14-15H2,1-7H3/t17-,18+,22-,23+/m0/s1. The van der Waals surface area contributed by atoms with Gasteiger partial charge in [-0.1, -0.05) is 12.1 Å². The molecule has 11 heteroatoms. The average molecular weight is 560 g/mol. The molecule has 2 aromatic heterocycles. The molecule has 2 aliphatic rings. The SMILES string of the molecule is CCOC(=O)[C@@H]1C[C@H]1c1ccc(-c2cc(C#N)n(C)n2)c2ncnc(N3C[C@@H](C)N(C(=O)OC(C)(C)C)C[C@@H]3C)c12. The van der Waals surface area contributed by atoms with Crippen molar-refractivity contribution >= 4 is 28.8 Å². The van der Waals surface area contributed by atoms with Gasteiger partial charge < -0.3 is 19.3 Å². The second kappa shape index (κ2) is 10.7. The van der Waals surface area contributed by atoms with Crippen LogP contribution < -0.4 is 4.90 Å². The molecule has 2 fully saturated rings. The maximum absolute atomic E-state index is 13.0. The summed E-state index contributed by atoms with van der Waals surface area (Å²) in [7, 11) is 1.74. The molecule has 1 saturated heterocycles. The lowest BCUT2D eigenvalue weighted by Crippen LogP contribution is -2.59. The zero-order chi connectivity index (χ0) is 29.6. The summed E-state index contributed by atoms with van der Waals surface area (Å²) in [6.07, 6.45) is 1.92. The fourth-order valence-corrected chi connectivity index (χ4v) is 5.66. The highest BCUT2D eigenvalue weighted by Crippen LogP contribution is 2.52. The van der Waals surface area contributed by atoms with E-state index in [1.54, 1.807) is 29.0 Å². The molecule has 0 N–H and O–H groups in total. The van der Waals surface area contributed by atoms with Crippen molar-refractivity contribution in [1.82, 2.24) is 24.6 Å². The van der Waals surface area contributed by atoms with E-state index in [-0.39, 0.29) is 36.0 Å². The van der Waals surface area contributed by atoms with E-state index in [0.29, 0.717) is 43.0 Å². The Morgan fingerprint density at radius 1 is 1.15 bits per heavy atom. The summed E-state index contributed by atoms with van der Waals surface area (Å²) >= 11 is 0. The van der Waals surface area contributed by atoms with Crippen LogP contribution in [0, 0.1) is 17.2 Å². The van der Waals surface area contributed by atoms with Gasteiger partial charge in [0.15, 0.2) is 0 Å². The fourth-order valence-electron chi connectivity index (χ4n) is 5.66. The quantitative estimate of drug-likeness (QED) is 0.418. The van der Waals surface area contributed by atoms with Gasteiger partial charge in [0.1, 0.15) is 29.5 Å². The van der Waals surface area contributed by atoms with Crippen LogP contribution in [-0.4, -0.2) is 74.1 Å². The molecule has 0 spiro atoms. The van der Waals surface area contributed by atoms with Crippen LogP contribution in [0.15, 0.2) is 24.5 Å². The molecule has 4 atom stereocenters. The minimum Gasteiger partial charge on any atom is -0.466 e. The summed E-state index contributed by atoms with van der Waals surface area (Å²) in [4.78, 5) is 39.1. The Balaban J connectivity index is 1.59. The molecule has 11 nitrogen and oxygen atoms in total. The Morgan fingerprint density at radius 3 is 2.56 bits per heavy atom. The zero-order valence-electron chi connectivity index (χ0n) is 24.7. The van der Waals surface area contributed by atoms with Gasteiger partial charge in [-0.2, -0.15) is 10.4 Å². The van der Waals surface area contributed by atoms with E-state index in [0.717, 1.165) is 22.3 Å². The van der Waals surface area contributed by atoms with Crippen LogP contribution >= 0.6 is 0 Å². The molecule has 3 aromatic rings. The largest absolute Gasteiger partial charge is 0.466 e. The lowest BCUT2D eigenvalue weighted by Gasteiger charge is -2.45. The first kappa shape index (κ1) is 28.3. The summed E-state index contributed by atoms with van der Waals surface area (Å²) in [5.74, 6) is 0.340. The second-order valence-electron chi connectivity index (χ2n) is 12.0. The maximum atomic E-state index is 13.0. The van der Waals surface area contributed by atoms with Gasteiger partial charge in [-0.3, -0.25) is 9.48 Å². The number of aryl methyl sites for hydroxylation is 1. The van der Waals surface area contributed by atoms with Crippen molar-refractivity contribution in [2.24, 2.45) is 13.0 Å². The molecule has 1 aliphatic carbocycles. The van der Waals surface area contributed by atoms with E-state index >= 15 is 0 Å². The highest BCUT2D eigenvalue weighted by atomic mass is 16.6.